The minimum Gasteiger partial charge on any atom is -0.461 e. The van der Waals surface area contributed by atoms with Crippen molar-refractivity contribution in [2.24, 2.45) is 17.3 Å². The third kappa shape index (κ3) is 30.4. The average molecular weight is 1670 g/mol. The number of anilines is 3. The van der Waals surface area contributed by atoms with E-state index in [0.29, 0.717) is 67.4 Å². The second kappa shape index (κ2) is 48.0. The number of amides is 3. The average Bonchev–Trinajstić information content (AvgIpc) is 1.67. The van der Waals surface area contributed by atoms with E-state index in [9.17, 15) is 28.8 Å². The summed E-state index contributed by atoms with van der Waals surface area (Å²) in [5.74, 6) is 0.430. The molecule has 121 heavy (non-hydrogen) atoms. The van der Waals surface area contributed by atoms with E-state index in [-0.39, 0.29) is 76.5 Å². The van der Waals surface area contributed by atoms with Gasteiger partial charge in [0.1, 0.15) is 36.4 Å². The SMILES string of the molecule is CC(C)(C)CC[C@H](NCc1ccc(CNC2CCN(c3ncc(C(=O)NO)cn3)CC2)cc1)C(=O)OC1CCCC1.CC(C)C[C@H](NCc1ccc(CNC2CCN(c3ncc(C(=O)NO)cn3)CC2)cc1)C(=O)OC1CCCC1.O=C(NO)c1cnc(N2CCC(NCc3ccc(CN[C@H](C(=O)OC4CCCC4)C4CCCCC4)cc3)CC2)nc1. The molecule has 0 spiro atoms. The Morgan fingerprint density at radius 1 is 0.380 bits per heavy atom. The van der Waals surface area contributed by atoms with Crippen LogP contribution in [0.4, 0.5) is 17.8 Å². The Balaban J connectivity index is 0.000000177. The molecular weight excluding hydrogens is 1540 g/mol. The van der Waals surface area contributed by atoms with E-state index < -0.39 is 17.7 Å². The molecule has 12 N–H and O–H groups in total. The zero-order valence-electron chi connectivity index (χ0n) is 71.7. The number of hydroxylamine groups is 3. The number of piperidine rings is 3. The highest BCUT2D eigenvalue weighted by Crippen LogP contribution is 2.31. The van der Waals surface area contributed by atoms with Gasteiger partial charge in [0.15, 0.2) is 0 Å². The van der Waals surface area contributed by atoms with Gasteiger partial charge < -0.3 is 60.8 Å². The highest BCUT2D eigenvalue weighted by Gasteiger charge is 2.35. The molecule has 6 heterocycles. The summed E-state index contributed by atoms with van der Waals surface area (Å²) in [6.45, 7) is 20.2. The molecule has 658 valence electrons. The molecule has 7 fully saturated rings. The van der Waals surface area contributed by atoms with Crippen LogP contribution < -0.4 is 63.0 Å². The van der Waals surface area contributed by atoms with E-state index in [0.717, 1.165) is 218 Å². The van der Waals surface area contributed by atoms with Gasteiger partial charge in [0.05, 0.1) is 16.7 Å². The summed E-state index contributed by atoms with van der Waals surface area (Å²) < 4.78 is 17.6. The van der Waals surface area contributed by atoms with Gasteiger partial charge in [-0.1, -0.05) is 127 Å². The lowest BCUT2D eigenvalue weighted by Gasteiger charge is -2.32. The Bertz CT molecular complexity index is 4100. The second-order valence-electron chi connectivity index (χ2n) is 35.4. The summed E-state index contributed by atoms with van der Waals surface area (Å²) >= 11 is 0. The molecule has 3 aliphatic heterocycles. The van der Waals surface area contributed by atoms with Gasteiger partial charge in [0.2, 0.25) is 17.8 Å². The van der Waals surface area contributed by atoms with Gasteiger partial charge in [0, 0.05) is 134 Å². The standard InChI is InChI=1S/C31H44N6O4.C31H46N6O4.C29H42N6O4/c38-29(36-40)25-20-34-31(35-21-25)37-16-14-26(15-17-37)32-18-22-10-12-23(13-11-22)19-33-28(24-6-2-1-3-7-24)30(39)41-27-8-4-5-9-27;1-31(2,3)15-12-27(29(39)41-26-6-4-5-7-26)33-19-23-10-8-22(9-11-23)18-32-25-13-16-37(17-14-25)30-34-20-24(21-35-30)28(38)36-40;1-20(2)15-26(28(37)39-25-5-3-4-6-25)31-17-22-9-7-21(8-10-22)16-30-24-11-13-35(14-12-24)29-32-18-23(19-33-29)27(36)34-38/h10-13,20-21,24,26-28,32-33,40H,1-9,14-19H2,(H,36,38);8-11,20-21,25-27,32-33,40H,4-7,12-19H2,1-3H3,(H,36,38);7-10,18-20,24-26,30-31,38H,3-6,11-17H2,1-2H3,(H,34,36)/t28-;27-;26-/m000/s1. The molecule has 4 saturated carbocycles. The van der Waals surface area contributed by atoms with Gasteiger partial charge in [-0.3, -0.25) is 44.4 Å². The van der Waals surface area contributed by atoms with Gasteiger partial charge in [0.25, 0.3) is 17.7 Å². The predicted octanol–water partition coefficient (Wildman–Crippen LogP) is 11.3. The summed E-state index contributed by atoms with van der Waals surface area (Å²) in [6, 6.07) is 26.2. The quantitative estimate of drug-likeness (QED) is 0.00761. The lowest BCUT2D eigenvalue weighted by Crippen LogP contribution is -2.45. The van der Waals surface area contributed by atoms with Gasteiger partial charge in [-0.05, 0) is 198 Å². The summed E-state index contributed by atoms with van der Waals surface area (Å²) in [5.41, 5.74) is 12.8. The van der Waals surface area contributed by atoms with Crippen LogP contribution in [-0.4, -0.2) is 175 Å². The van der Waals surface area contributed by atoms with Crippen molar-refractivity contribution in [3.63, 3.8) is 0 Å². The third-order valence-electron chi connectivity index (χ3n) is 24.4. The summed E-state index contributed by atoms with van der Waals surface area (Å²) in [7, 11) is 0. The molecule has 3 atom stereocenters. The van der Waals surface area contributed by atoms with Crippen LogP contribution in [0.25, 0.3) is 0 Å². The van der Waals surface area contributed by atoms with Crippen molar-refractivity contribution in [3.8, 4) is 0 Å². The van der Waals surface area contributed by atoms with E-state index in [4.69, 9.17) is 29.8 Å². The summed E-state index contributed by atoms with van der Waals surface area (Å²) in [4.78, 5) is 105. The molecule has 4 aliphatic carbocycles. The zero-order chi connectivity index (χ0) is 85.3. The Morgan fingerprint density at radius 3 is 0.967 bits per heavy atom. The number of ether oxygens (including phenoxy) is 3. The lowest BCUT2D eigenvalue weighted by atomic mass is 9.83. The molecule has 3 amide bonds. The Kier molecular flexibility index (Phi) is 36.7. The molecule has 3 saturated heterocycles. The molecule has 6 aromatic rings. The maximum atomic E-state index is 13.1. The first-order valence-electron chi connectivity index (χ1n) is 44.5. The first-order valence-corrected chi connectivity index (χ1v) is 44.5. The molecule has 0 radical (unpaired) electrons. The van der Waals surface area contributed by atoms with Gasteiger partial charge in [-0.15, -0.1) is 0 Å². The molecular formula is C91H132N18O12. The van der Waals surface area contributed by atoms with Crippen LogP contribution in [0, 0.1) is 17.3 Å². The van der Waals surface area contributed by atoms with E-state index >= 15 is 0 Å². The van der Waals surface area contributed by atoms with Crippen molar-refractivity contribution in [2.45, 2.75) is 295 Å². The van der Waals surface area contributed by atoms with Crippen molar-refractivity contribution in [1.29, 1.82) is 0 Å². The number of benzene rings is 3. The second-order valence-corrected chi connectivity index (χ2v) is 35.4. The van der Waals surface area contributed by atoms with E-state index in [1.54, 1.807) is 16.4 Å². The first-order chi connectivity index (χ1) is 58.7. The van der Waals surface area contributed by atoms with Crippen LogP contribution in [0.15, 0.2) is 110 Å². The molecule has 30 heteroatoms. The number of carbonyl (C=O) groups excluding carboxylic acids is 6. The van der Waals surface area contributed by atoms with Crippen molar-refractivity contribution in [3.05, 3.63) is 160 Å². The number of nitrogens with zero attached hydrogens (tertiary/aromatic N) is 9. The molecule has 0 unspecified atom stereocenters. The van der Waals surface area contributed by atoms with Gasteiger partial charge in [-0.2, -0.15) is 0 Å². The first kappa shape index (κ1) is 92.5. The topological polar surface area (TPSA) is 386 Å². The Hall–Kier alpha value is -9.24. The molecule has 3 aromatic carbocycles. The highest BCUT2D eigenvalue weighted by molar-refractivity contribution is 5.93. The predicted molar refractivity (Wildman–Crippen MR) is 461 cm³/mol. The summed E-state index contributed by atoms with van der Waals surface area (Å²) in [6.07, 6.45) is 35.9. The number of hydrogen-bond donors (Lipinski definition) is 12. The fourth-order valence-corrected chi connectivity index (χ4v) is 16.9. The van der Waals surface area contributed by atoms with E-state index in [1.165, 1.54) is 78.7 Å². The van der Waals surface area contributed by atoms with Crippen molar-refractivity contribution in [2.75, 3.05) is 54.0 Å². The van der Waals surface area contributed by atoms with Crippen LogP contribution in [0.2, 0.25) is 0 Å². The van der Waals surface area contributed by atoms with Crippen LogP contribution in [0.3, 0.4) is 0 Å². The number of carbonyl (C=O) groups is 6. The van der Waals surface area contributed by atoms with Crippen molar-refractivity contribution < 1.29 is 58.6 Å². The fourth-order valence-electron chi connectivity index (χ4n) is 16.9. The van der Waals surface area contributed by atoms with Crippen molar-refractivity contribution >= 4 is 53.5 Å². The monoisotopic (exact) mass is 1670 g/mol. The van der Waals surface area contributed by atoms with E-state index in [2.05, 4.69) is 184 Å². The fraction of sp³-hybridized carbons (Fsp3) is 0.604. The molecule has 7 aliphatic rings. The Labute approximate surface area is 713 Å². The largest absolute Gasteiger partial charge is 0.461 e. The molecule has 0 bridgehead atoms. The van der Waals surface area contributed by atoms with Crippen LogP contribution in [0.5, 0.6) is 0 Å². The molecule has 13 rings (SSSR count). The molecule has 30 nitrogen and oxygen atoms in total. The highest BCUT2D eigenvalue weighted by atomic mass is 16.6. The number of hydrogen-bond acceptors (Lipinski definition) is 27. The van der Waals surface area contributed by atoms with Gasteiger partial charge in [-0.25, -0.2) is 46.3 Å². The van der Waals surface area contributed by atoms with Crippen molar-refractivity contribution in [1.82, 2.24) is 78.2 Å². The minimum absolute atomic E-state index is 0.0478. The third-order valence-corrected chi connectivity index (χ3v) is 24.4. The number of rotatable bonds is 35. The molecule has 3 aromatic heterocycles. The van der Waals surface area contributed by atoms with Crippen LogP contribution >= 0.6 is 0 Å². The maximum Gasteiger partial charge on any atom is 0.323 e. The Morgan fingerprint density at radius 2 is 0.661 bits per heavy atom. The minimum atomic E-state index is -0.622. The van der Waals surface area contributed by atoms with E-state index in [1.807, 2.05) is 0 Å². The lowest BCUT2D eigenvalue weighted by molar-refractivity contribution is -0.154. The number of nitrogens with one attached hydrogen (secondary N) is 9. The van der Waals surface area contributed by atoms with Gasteiger partial charge >= 0.3 is 17.9 Å². The van der Waals surface area contributed by atoms with Crippen LogP contribution in [-0.2, 0) is 67.9 Å². The maximum absolute atomic E-state index is 13.1. The summed E-state index contributed by atoms with van der Waals surface area (Å²) in [5, 5.41) is 47.7. The smallest absolute Gasteiger partial charge is 0.323 e. The normalized spacial score (nSPS) is 18.2. The zero-order valence-corrected chi connectivity index (χ0v) is 71.7. The van der Waals surface area contributed by atoms with Crippen LogP contribution in [0.1, 0.15) is 266 Å². The number of aromatic nitrogens is 6. The number of esters is 3.